The fourth-order valence-electron chi connectivity index (χ4n) is 2.29. The first kappa shape index (κ1) is 13.9. The van der Waals surface area contributed by atoms with E-state index in [0.717, 1.165) is 19.3 Å². The largest absolute Gasteiger partial charge is 0.481 e. The summed E-state index contributed by atoms with van der Waals surface area (Å²) in [6, 6.07) is 0.296. The van der Waals surface area contributed by atoms with E-state index in [1.807, 2.05) is 0 Å². The van der Waals surface area contributed by atoms with Crippen molar-refractivity contribution in [2.24, 2.45) is 5.92 Å². The molecule has 1 aliphatic rings. The maximum atomic E-state index is 11.0. The van der Waals surface area contributed by atoms with Gasteiger partial charge in [-0.1, -0.05) is 18.0 Å². The van der Waals surface area contributed by atoms with Crippen molar-refractivity contribution in [1.29, 1.82) is 0 Å². The molecule has 1 fully saturated rings. The number of anilines is 1. The summed E-state index contributed by atoms with van der Waals surface area (Å²) in [5.74, 6) is -0.545. The van der Waals surface area contributed by atoms with Crippen molar-refractivity contribution >= 4 is 23.4 Å². The first-order valence-electron chi connectivity index (χ1n) is 6.16. The standard InChI is InChI=1S/C12H16ClN3O3/c1-19-12-14-6-9(13)10(16-12)15-8-4-2-3-7(5-8)11(17)18/h6-8H,2-5H2,1H3,(H,17,18)(H,14,15,16). The first-order chi connectivity index (χ1) is 9.10. The number of methoxy groups -OCH3 is 1. The Bertz CT molecular complexity index is 470. The predicted molar refractivity (Wildman–Crippen MR) is 70.6 cm³/mol. The molecular formula is C12H16ClN3O3. The van der Waals surface area contributed by atoms with Gasteiger partial charge in [0.05, 0.1) is 19.2 Å². The van der Waals surface area contributed by atoms with Crippen LogP contribution >= 0.6 is 11.6 Å². The van der Waals surface area contributed by atoms with Gasteiger partial charge in [0.15, 0.2) is 5.82 Å². The summed E-state index contributed by atoms with van der Waals surface area (Å²) in [6.45, 7) is 0. The number of carboxylic acids is 1. The molecule has 1 aliphatic carbocycles. The van der Waals surface area contributed by atoms with Crippen LogP contribution in [-0.4, -0.2) is 34.2 Å². The zero-order valence-electron chi connectivity index (χ0n) is 10.6. The van der Waals surface area contributed by atoms with Crippen LogP contribution in [-0.2, 0) is 4.79 Å². The SMILES string of the molecule is COc1ncc(Cl)c(NC2CCCC(C(=O)O)C2)n1. The van der Waals surface area contributed by atoms with Crippen molar-refractivity contribution in [3.63, 3.8) is 0 Å². The van der Waals surface area contributed by atoms with Gasteiger partial charge >= 0.3 is 12.0 Å². The van der Waals surface area contributed by atoms with Gasteiger partial charge in [0.25, 0.3) is 0 Å². The molecule has 1 aromatic heterocycles. The third-order valence-electron chi connectivity index (χ3n) is 3.27. The van der Waals surface area contributed by atoms with Crippen LogP contribution in [0.2, 0.25) is 5.02 Å². The molecule has 2 atom stereocenters. The molecule has 0 bridgehead atoms. The van der Waals surface area contributed by atoms with E-state index in [9.17, 15) is 4.79 Å². The van der Waals surface area contributed by atoms with Crippen molar-refractivity contribution in [3.05, 3.63) is 11.2 Å². The van der Waals surface area contributed by atoms with Gasteiger partial charge in [-0.3, -0.25) is 4.79 Å². The van der Waals surface area contributed by atoms with E-state index >= 15 is 0 Å². The number of halogens is 1. The molecule has 1 aromatic rings. The monoisotopic (exact) mass is 285 g/mol. The summed E-state index contributed by atoms with van der Waals surface area (Å²) >= 11 is 6.01. The maximum absolute atomic E-state index is 11.0. The highest BCUT2D eigenvalue weighted by Crippen LogP contribution is 2.29. The predicted octanol–water partition coefficient (Wildman–Crippen LogP) is 2.19. The number of hydrogen-bond donors (Lipinski definition) is 2. The third kappa shape index (κ3) is 3.47. The number of rotatable bonds is 4. The first-order valence-corrected chi connectivity index (χ1v) is 6.54. The lowest BCUT2D eigenvalue weighted by Gasteiger charge is -2.27. The normalized spacial score (nSPS) is 22.8. The molecule has 6 nitrogen and oxygen atoms in total. The Morgan fingerprint density at radius 1 is 1.58 bits per heavy atom. The second-order valence-corrected chi connectivity index (χ2v) is 5.00. The molecule has 104 valence electrons. The number of aromatic nitrogens is 2. The highest BCUT2D eigenvalue weighted by Gasteiger charge is 2.27. The van der Waals surface area contributed by atoms with Crippen LogP contribution in [0, 0.1) is 5.92 Å². The van der Waals surface area contributed by atoms with Crippen molar-refractivity contribution in [3.8, 4) is 6.01 Å². The molecule has 19 heavy (non-hydrogen) atoms. The van der Waals surface area contributed by atoms with Crippen molar-refractivity contribution in [1.82, 2.24) is 9.97 Å². The van der Waals surface area contributed by atoms with E-state index in [-0.39, 0.29) is 18.0 Å². The summed E-state index contributed by atoms with van der Waals surface area (Å²) in [7, 11) is 1.48. The summed E-state index contributed by atoms with van der Waals surface area (Å²) in [4.78, 5) is 19.0. The van der Waals surface area contributed by atoms with E-state index in [1.165, 1.54) is 13.3 Å². The molecule has 2 N–H and O–H groups in total. The molecule has 0 aliphatic heterocycles. The number of nitrogens with one attached hydrogen (secondary N) is 1. The highest BCUT2D eigenvalue weighted by molar-refractivity contribution is 6.32. The molecule has 7 heteroatoms. The van der Waals surface area contributed by atoms with E-state index in [0.29, 0.717) is 17.3 Å². The summed E-state index contributed by atoms with van der Waals surface area (Å²) in [5, 5.41) is 12.6. The maximum Gasteiger partial charge on any atom is 0.318 e. The van der Waals surface area contributed by atoms with Crippen molar-refractivity contribution in [2.75, 3.05) is 12.4 Å². The Kier molecular flexibility index (Phi) is 4.42. The number of carboxylic acid groups (broad SMARTS) is 1. The van der Waals surface area contributed by atoms with Crippen LogP contribution in [0.25, 0.3) is 0 Å². The van der Waals surface area contributed by atoms with Crippen LogP contribution < -0.4 is 10.1 Å². The molecule has 2 unspecified atom stereocenters. The van der Waals surface area contributed by atoms with Crippen molar-refractivity contribution in [2.45, 2.75) is 31.7 Å². The van der Waals surface area contributed by atoms with Gasteiger partial charge in [0, 0.05) is 6.04 Å². The van der Waals surface area contributed by atoms with E-state index < -0.39 is 5.97 Å². The lowest BCUT2D eigenvalue weighted by Crippen LogP contribution is -2.31. The Labute approximate surface area is 116 Å². The number of carbonyl (C=O) groups is 1. The van der Waals surface area contributed by atoms with Gasteiger partial charge in [-0.15, -0.1) is 0 Å². The Balaban J connectivity index is 2.06. The zero-order chi connectivity index (χ0) is 13.8. The molecule has 2 rings (SSSR count). The van der Waals surface area contributed by atoms with Gasteiger partial charge < -0.3 is 15.2 Å². The van der Waals surface area contributed by atoms with Crippen LogP contribution in [0.3, 0.4) is 0 Å². The molecule has 0 amide bonds. The van der Waals surface area contributed by atoms with Crippen LogP contribution in [0.1, 0.15) is 25.7 Å². The summed E-state index contributed by atoms with van der Waals surface area (Å²) in [5.41, 5.74) is 0. The summed E-state index contributed by atoms with van der Waals surface area (Å²) < 4.78 is 4.94. The minimum Gasteiger partial charge on any atom is -0.481 e. The molecule has 0 spiro atoms. The fourth-order valence-corrected chi connectivity index (χ4v) is 2.43. The van der Waals surface area contributed by atoms with Crippen LogP contribution in [0.5, 0.6) is 6.01 Å². The second kappa shape index (κ2) is 6.06. The Hall–Kier alpha value is -1.56. The lowest BCUT2D eigenvalue weighted by atomic mass is 9.86. The zero-order valence-corrected chi connectivity index (χ0v) is 11.4. The minimum absolute atomic E-state index is 0.0620. The summed E-state index contributed by atoms with van der Waals surface area (Å²) in [6.07, 6.45) is 4.57. The lowest BCUT2D eigenvalue weighted by molar-refractivity contribution is -0.142. The topological polar surface area (TPSA) is 84.3 Å². The van der Waals surface area contributed by atoms with E-state index in [2.05, 4.69) is 15.3 Å². The van der Waals surface area contributed by atoms with Gasteiger partial charge in [-0.25, -0.2) is 4.98 Å². The molecule has 0 saturated heterocycles. The fraction of sp³-hybridized carbons (Fsp3) is 0.583. The highest BCUT2D eigenvalue weighted by atomic mass is 35.5. The Morgan fingerprint density at radius 2 is 2.37 bits per heavy atom. The van der Waals surface area contributed by atoms with Crippen molar-refractivity contribution < 1.29 is 14.6 Å². The molecule has 1 saturated carbocycles. The molecule has 1 heterocycles. The number of ether oxygens (including phenoxy) is 1. The molecule has 0 radical (unpaired) electrons. The Morgan fingerprint density at radius 3 is 3.05 bits per heavy atom. The number of aliphatic carboxylic acids is 1. The van der Waals surface area contributed by atoms with Gasteiger partial charge in [0.1, 0.15) is 5.02 Å². The van der Waals surface area contributed by atoms with Gasteiger partial charge in [-0.2, -0.15) is 4.98 Å². The number of nitrogens with zero attached hydrogens (tertiary/aromatic N) is 2. The van der Waals surface area contributed by atoms with Gasteiger partial charge in [0.2, 0.25) is 0 Å². The quantitative estimate of drug-likeness (QED) is 0.882. The van der Waals surface area contributed by atoms with E-state index in [1.54, 1.807) is 0 Å². The van der Waals surface area contributed by atoms with Gasteiger partial charge in [-0.05, 0) is 19.3 Å². The number of hydrogen-bond acceptors (Lipinski definition) is 5. The molecule has 0 aromatic carbocycles. The molecular weight excluding hydrogens is 270 g/mol. The van der Waals surface area contributed by atoms with Crippen LogP contribution in [0.15, 0.2) is 6.20 Å². The third-order valence-corrected chi connectivity index (χ3v) is 3.55. The average molecular weight is 286 g/mol. The second-order valence-electron chi connectivity index (χ2n) is 4.60. The van der Waals surface area contributed by atoms with Crippen LogP contribution in [0.4, 0.5) is 5.82 Å². The minimum atomic E-state index is -0.738. The smallest absolute Gasteiger partial charge is 0.318 e. The van der Waals surface area contributed by atoms with E-state index in [4.69, 9.17) is 21.4 Å². The average Bonchev–Trinajstić information content (AvgIpc) is 2.41.